The number of rotatable bonds is 20. The van der Waals surface area contributed by atoms with Crippen molar-refractivity contribution in [1.29, 1.82) is 0 Å². The molecule has 0 spiro atoms. The van der Waals surface area contributed by atoms with Gasteiger partial charge in [-0.05, 0) is 126 Å². The van der Waals surface area contributed by atoms with Crippen LogP contribution in [0.4, 0.5) is 0 Å². The van der Waals surface area contributed by atoms with Gasteiger partial charge in [0.25, 0.3) is 10.1 Å². The van der Waals surface area contributed by atoms with E-state index < -0.39 is 10.1 Å². The summed E-state index contributed by atoms with van der Waals surface area (Å²) in [4.78, 5) is 0. The fourth-order valence-electron chi connectivity index (χ4n) is 3.96. The van der Waals surface area contributed by atoms with Gasteiger partial charge < -0.3 is 0 Å². The molecule has 212 valence electrons. The molecule has 4 heteroatoms. The summed E-state index contributed by atoms with van der Waals surface area (Å²) in [5.74, 6) is 0. The van der Waals surface area contributed by atoms with Crippen LogP contribution >= 0.6 is 0 Å². The molecule has 0 aliphatic carbocycles. The van der Waals surface area contributed by atoms with E-state index in [1.807, 2.05) is 0 Å². The molecule has 0 aromatic carbocycles. The first-order chi connectivity index (χ1) is 17.4. The molecular weight excluding hydrogens is 476 g/mol. The van der Waals surface area contributed by atoms with Crippen LogP contribution in [-0.4, -0.2) is 21.3 Å². The highest BCUT2D eigenvalue weighted by atomic mass is 32.2. The Morgan fingerprint density at radius 2 is 0.838 bits per heavy atom. The van der Waals surface area contributed by atoms with Gasteiger partial charge in [-0.15, -0.1) is 0 Å². The van der Waals surface area contributed by atoms with Gasteiger partial charge in [-0.25, -0.2) is 0 Å². The largest absolute Gasteiger partial charge is 0.270 e. The van der Waals surface area contributed by atoms with E-state index in [1.165, 1.54) is 46.3 Å². The minimum Gasteiger partial charge on any atom is -0.270 e. The Morgan fingerprint density at radius 3 is 1.19 bits per heavy atom. The van der Waals surface area contributed by atoms with Crippen LogP contribution in [0.5, 0.6) is 0 Å². The number of unbranched alkanes of at least 4 members (excludes halogenated alkanes) is 1. The summed E-state index contributed by atoms with van der Waals surface area (Å²) in [6.07, 6.45) is 28.2. The van der Waals surface area contributed by atoms with E-state index in [2.05, 4.69) is 84.9 Å². The lowest BCUT2D eigenvalue weighted by Crippen LogP contribution is -2.04. The first kappa shape index (κ1) is 35.4. The molecule has 0 saturated heterocycles. The average molecular weight is 533 g/mol. The predicted molar refractivity (Wildman–Crippen MR) is 164 cm³/mol. The third-order valence-electron chi connectivity index (χ3n) is 6.35. The molecule has 0 bridgehead atoms. The second-order valence-corrected chi connectivity index (χ2v) is 12.5. The Morgan fingerprint density at radius 1 is 0.514 bits per heavy atom. The minimum absolute atomic E-state index is 0.264. The molecule has 3 nitrogen and oxygen atoms in total. The summed E-state index contributed by atoms with van der Waals surface area (Å²) in [5.41, 5.74) is 8.65. The summed E-state index contributed by atoms with van der Waals surface area (Å²) in [7, 11) is -3.32. The van der Waals surface area contributed by atoms with E-state index >= 15 is 0 Å². The van der Waals surface area contributed by atoms with E-state index in [0.717, 1.165) is 70.5 Å². The maximum atomic E-state index is 11.0. The molecule has 0 heterocycles. The molecule has 0 aliphatic heterocycles. The number of hydrogen-bond donors (Lipinski definition) is 0. The Hall–Kier alpha value is -1.65. The van der Waals surface area contributed by atoms with Crippen molar-refractivity contribution in [2.75, 3.05) is 12.9 Å². The molecule has 0 N–H and O–H groups in total. The first-order valence-electron chi connectivity index (χ1n) is 14.1. The van der Waals surface area contributed by atoms with Crippen molar-refractivity contribution >= 4 is 10.1 Å². The van der Waals surface area contributed by atoms with Crippen molar-refractivity contribution in [1.82, 2.24) is 0 Å². The van der Waals surface area contributed by atoms with Crippen LogP contribution in [0.3, 0.4) is 0 Å². The highest BCUT2D eigenvalue weighted by Gasteiger charge is 2.01. The van der Waals surface area contributed by atoms with E-state index in [0.29, 0.717) is 0 Å². The third kappa shape index (κ3) is 25.8. The van der Waals surface area contributed by atoms with Crippen LogP contribution in [0.15, 0.2) is 69.9 Å². The maximum Gasteiger partial charge on any atom is 0.264 e. The molecule has 0 radical (unpaired) electrons. The van der Waals surface area contributed by atoms with Crippen LogP contribution < -0.4 is 0 Å². The fourth-order valence-corrected chi connectivity index (χ4v) is 4.38. The standard InChI is InChI=1S/C33H56O3S/c1-28(2)16-11-19-31(5)22-12-20-29(3)17-9-10-18-30(4)21-13-23-32(6)24-14-25-33(7)26-15-27-36-37(8,34)35/h16-18,22-23,25H,9-15,19-21,24,26-27H2,1-8H3. The Balaban J connectivity index is 4.10. The lowest BCUT2D eigenvalue weighted by atomic mass is 10.0. The van der Waals surface area contributed by atoms with Crippen LogP contribution in [-0.2, 0) is 14.3 Å². The van der Waals surface area contributed by atoms with Crippen molar-refractivity contribution in [3.8, 4) is 0 Å². The van der Waals surface area contributed by atoms with Gasteiger partial charge in [-0.3, -0.25) is 4.18 Å². The quantitative estimate of drug-likeness (QED) is 0.0889. The molecule has 0 atom stereocenters. The lowest BCUT2D eigenvalue weighted by Gasteiger charge is -2.04. The topological polar surface area (TPSA) is 43.4 Å². The van der Waals surface area contributed by atoms with Crippen molar-refractivity contribution in [3.05, 3.63) is 69.9 Å². The van der Waals surface area contributed by atoms with Crippen molar-refractivity contribution in [2.45, 2.75) is 126 Å². The highest BCUT2D eigenvalue weighted by Crippen LogP contribution is 2.15. The van der Waals surface area contributed by atoms with Gasteiger partial charge in [0, 0.05) is 0 Å². The van der Waals surface area contributed by atoms with Gasteiger partial charge in [0.1, 0.15) is 0 Å². The monoisotopic (exact) mass is 532 g/mol. The molecular formula is C33H56O3S. The average Bonchev–Trinajstić information content (AvgIpc) is 2.79. The highest BCUT2D eigenvalue weighted by molar-refractivity contribution is 7.85. The molecule has 0 fully saturated rings. The summed E-state index contributed by atoms with van der Waals surface area (Å²) >= 11 is 0. The van der Waals surface area contributed by atoms with Gasteiger partial charge in [0.2, 0.25) is 0 Å². The normalized spacial score (nSPS) is 14.3. The van der Waals surface area contributed by atoms with E-state index in [1.54, 1.807) is 0 Å². The smallest absolute Gasteiger partial charge is 0.264 e. The minimum atomic E-state index is -3.32. The molecule has 0 aromatic heterocycles. The van der Waals surface area contributed by atoms with Gasteiger partial charge in [0.15, 0.2) is 0 Å². The van der Waals surface area contributed by atoms with Crippen LogP contribution in [0.1, 0.15) is 126 Å². The number of allylic oxidation sites excluding steroid dienone is 12. The number of hydrogen-bond acceptors (Lipinski definition) is 3. The van der Waals surface area contributed by atoms with Gasteiger partial charge >= 0.3 is 0 Å². The Bertz CT molecular complexity index is 921. The summed E-state index contributed by atoms with van der Waals surface area (Å²) < 4.78 is 26.7. The molecule has 0 unspecified atom stereocenters. The molecule has 0 aromatic rings. The van der Waals surface area contributed by atoms with Gasteiger partial charge in [-0.2, -0.15) is 8.42 Å². The van der Waals surface area contributed by atoms with E-state index in [4.69, 9.17) is 4.18 Å². The SMILES string of the molecule is CC(C)=CCCC(C)=CCCC(C)=CCCC=C(C)CCC=C(C)CCC=C(C)CCCOS(C)(=O)=O. The summed E-state index contributed by atoms with van der Waals surface area (Å²) in [5, 5.41) is 0. The predicted octanol–water partition coefficient (Wildman–Crippen LogP) is 10.3. The van der Waals surface area contributed by atoms with Gasteiger partial charge in [-0.1, -0.05) is 69.9 Å². The second kappa shape index (κ2) is 21.3. The zero-order chi connectivity index (χ0) is 28.1. The van der Waals surface area contributed by atoms with Crippen LogP contribution in [0.2, 0.25) is 0 Å². The third-order valence-corrected chi connectivity index (χ3v) is 6.95. The van der Waals surface area contributed by atoms with Crippen molar-refractivity contribution in [2.24, 2.45) is 0 Å². The summed E-state index contributed by atoms with van der Waals surface area (Å²) in [6.45, 7) is 15.7. The van der Waals surface area contributed by atoms with Crippen molar-refractivity contribution in [3.63, 3.8) is 0 Å². The first-order valence-corrected chi connectivity index (χ1v) is 16.0. The van der Waals surface area contributed by atoms with Crippen molar-refractivity contribution < 1.29 is 12.6 Å². The Labute approximate surface area is 230 Å². The van der Waals surface area contributed by atoms with Gasteiger partial charge in [0.05, 0.1) is 12.9 Å². The van der Waals surface area contributed by atoms with E-state index in [-0.39, 0.29) is 6.61 Å². The molecule has 37 heavy (non-hydrogen) atoms. The zero-order valence-electron chi connectivity index (χ0n) is 25.3. The van der Waals surface area contributed by atoms with Crippen LogP contribution in [0, 0.1) is 0 Å². The Kier molecular flexibility index (Phi) is 20.4. The fraction of sp³-hybridized carbons (Fsp3) is 0.636. The van der Waals surface area contributed by atoms with E-state index in [9.17, 15) is 8.42 Å². The zero-order valence-corrected chi connectivity index (χ0v) is 26.1. The molecule has 0 aliphatic rings. The molecule has 0 rings (SSSR count). The second-order valence-electron chi connectivity index (χ2n) is 10.9. The van der Waals surface area contributed by atoms with Crippen LogP contribution in [0.25, 0.3) is 0 Å². The molecule has 0 amide bonds. The summed E-state index contributed by atoms with van der Waals surface area (Å²) in [6, 6.07) is 0. The lowest BCUT2D eigenvalue weighted by molar-refractivity contribution is 0.315. The molecule has 0 saturated carbocycles. The maximum absolute atomic E-state index is 11.0.